The van der Waals surface area contributed by atoms with Crippen molar-refractivity contribution in [1.29, 1.82) is 0 Å². The zero-order valence-electron chi connectivity index (χ0n) is 6.33. The van der Waals surface area contributed by atoms with Crippen molar-refractivity contribution < 1.29 is 41.3 Å². The zero-order chi connectivity index (χ0) is 7.86. The molecule has 0 saturated carbocycles. The van der Waals surface area contributed by atoms with E-state index < -0.39 is 11.9 Å². The first-order chi connectivity index (χ1) is 4.00. The smallest absolute Gasteiger partial charge is 0.445 e. The summed E-state index contributed by atoms with van der Waals surface area (Å²) in [5, 5.41) is 14.6. The van der Waals surface area contributed by atoms with Gasteiger partial charge in [0.05, 0.1) is 0 Å². The molecule has 76 valence electrons. The number of carboxylic acids is 1. The van der Waals surface area contributed by atoms with Crippen molar-refractivity contribution in [3.8, 4) is 0 Å². The number of carboxylic acid groups (broad SMARTS) is 1. The predicted molar refractivity (Wildman–Crippen MR) is 38.2 cm³/mol. The highest BCUT2D eigenvalue weighted by Crippen LogP contribution is 1.59. The van der Waals surface area contributed by atoms with E-state index in [1.54, 1.807) is 0 Å². The lowest BCUT2D eigenvalue weighted by Crippen LogP contribution is -1.89. The molecule has 0 aliphatic carbocycles. The molecule has 0 fully saturated rings. The van der Waals surface area contributed by atoms with E-state index in [9.17, 15) is 4.79 Å². The Kier molecular flexibility index (Phi) is 58.6. The van der Waals surface area contributed by atoms with Crippen LogP contribution in [0.4, 0.5) is 0 Å². The maximum atomic E-state index is 9.34. The Morgan fingerprint density at radius 3 is 1.33 bits per heavy atom. The van der Waals surface area contributed by atoms with E-state index in [0.29, 0.717) is 0 Å². The fraction of sp³-hybridized carbons (Fsp3) is 0.250. The topological polar surface area (TPSA) is 178 Å². The van der Waals surface area contributed by atoms with Gasteiger partial charge in [-0.25, -0.2) is 4.79 Å². The van der Waals surface area contributed by atoms with Crippen LogP contribution in [0.1, 0.15) is 6.92 Å². The Morgan fingerprint density at radius 2 is 1.33 bits per heavy atom. The average Bonchev–Trinajstić information content (AvgIpc) is 1.65. The lowest BCUT2D eigenvalue weighted by Gasteiger charge is -1.76. The second kappa shape index (κ2) is 22.6. The second-order valence-corrected chi connectivity index (χ2v) is 0.977. The third-order valence-corrected chi connectivity index (χ3v) is 0.129. The monoisotopic (exact) mass is 189 g/mol. The van der Waals surface area contributed by atoms with Gasteiger partial charge in [-0.3, -0.25) is 0 Å². The van der Waals surface area contributed by atoms with Crippen LogP contribution in [0.2, 0.25) is 0 Å². The Morgan fingerprint density at radius 1 is 1.25 bits per heavy atom. The van der Waals surface area contributed by atoms with Crippen molar-refractivity contribution in [2.24, 2.45) is 0 Å². The number of carbonyl (C=O) groups is 2. The molecule has 0 amide bonds. The minimum Gasteiger partial charge on any atom is -0.445 e. The standard InChI is InChI=1S/C2H4O3.C2H2O2.3H2O/c1-2(3)5-4;1-2(3)4;;;/h4H,1H3;1H2;3*1H2/p+1. The lowest BCUT2D eigenvalue weighted by molar-refractivity contribution is -0.231. The molecule has 12 heavy (non-hydrogen) atoms. The molecule has 0 saturated heterocycles. The quantitative estimate of drug-likeness (QED) is 0.241. The summed E-state index contributed by atoms with van der Waals surface area (Å²) in [5.74, 6) is -1.77. The van der Waals surface area contributed by atoms with Crippen molar-refractivity contribution in [2.75, 3.05) is 0 Å². The first-order valence-electron chi connectivity index (χ1n) is 1.87. The van der Waals surface area contributed by atoms with E-state index in [0.717, 1.165) is 6.92 Å². The normalized spacial score (nSPS) is 4.83. The number of rotatable bonds is 0. The zero-order valence-corrected chi connectivity index (χ0v) is 6.33. The van der Waals surface area contributed by atoms with E-state index in [-0.39, 0.29) is 16.4 Å². The molecule has 0 atom stereocenters. The third kappa shape index (κ3) is 1200. The predicted octanol–water partition coefficient (Wildman–Crippen LogP) is -2.55. The first kappa shape index (κ1) is 31.1. The lowest BCUT2D eigenvalue weighted by atomic mass is 10.9. The molecule has 8 N–H and O–H groups in total. The summed E-state index contributed by atoms with van der Waals surface area (Å²) in [6.07, 6.45) is 0. The summed E-state index contributed by atoms with van der Waals surface area (Å²) < 4.78 is 0. The molecule has 8 heteroatoms. The van der Waals surface area contributed by atoms with Crippen LogP contribution in [-0.2, 0) is 14.5 Å². The minimum absolute atomic E-state index is 0. The largest absolute Gasteiger partial charge is 0.490 e. The van der Waals surface area contributed by atoms with Crippen LogP contribution in [0.3, 0.4) is 0 Å². The van der Waals surface area contributed by atoms with Crippen LogP contribution >= 0.6 is 0 Å². The Hall–Kier alpha value is -1.35. The average molecular weight is 189 g/mol. The molecule has 0 aromatic heterocycles. The summed E-state index contributed by atoms with van der Waals surface area (Å²) in [5.41, 5.74) is 0. The van der Waals surface area contributed by atoms with Crippen LogP contribution in [0.5, 0.6) is 0 Å². The minimum atomic E-state index is -1.08. The van der Waals surface area contributed by atoms with Gasteiger partial charge in [0.2, 0.25) is 0 Å². The maximum absolute atomic E-state index is 9.34. The fourth-order valence-corrected chi connectivity index (χ4v) is 0. The van der Waals surface area contributed by atoms with E-state index >= 15 is 0 Å². The Balaban J connectivity index is -0.0000000221. The fourth-order valence-electron chi connectivity index (χ4n) is 0. The van der Waals surface area contributed by atoms with Gasteiger partial charge in [0.1, 0.15) is 0 Å². The SMILES string of the molecule is CC(=O)OO.O.O.O.[CH2+]C(=O)O. The van der Waals surface area contributed by atoms with E-state index in [2.05, 4.69) is 11.8 Å². The molecule has 0 bridgehead atoms. The summed E-state index contributed by atoms with van der Waals surface area (Å²) in [7, 11) is 0. The molecule has 0 radical (unpaired) electrons. The molecule has 0 rings (SSSR count). The Labute approximate surface area is 68.2 Å². The van der Waals surface area contributed by atoms with E-state index in [1.807, 2.05) is 0 Å². The van der Waals surface area contributed by atoms with Crippen LogP contribution < -0.4 is 0 Å². The van der Waals surface area contributed by atoms with Crippen molar-refractivity contribution >= 4 is 11.9 Å². The van der Waals surface area contributed by atoms with Crippen molar-refractivity contribution in [1.82, 2.24) is 0 Å². The maximum Gasteiger partial charge on any atom is 0.490 e. The van der Waals surface area contributed by atoms with Gasteiger partial charge >= 0.3 is 11.9 Å². The van der Waals surface area contributed by atoms with Gasteiger partial charge in [-0.2, -0.15) is 10.1 Å². The van der Waals surface area contributed by atoms with Crippen LogP contribution in [0, 0.1) is 6.92 Å². The Bertz CT molecular complexity index is 95.2. The highest BCUT2D eigenvalue weighted by molar-refractivity contribution is 5.71. The molecule has 0 aliphatic rings. The molecule has 0 heterocycles. The molecule has 0 unspecified atom stereocenters. The highest BCUT2D eigenvalue weighted by atomic mass is 17.1. The molecule has 0 aliphatic heterocycles. The first-order valence-corrected chi connectivity index (χ1v) is 1.87. The van der Waals surface area contributed by atoms with Crippen molar-refractivity contribution in [3.63, 3.8) is 0 Å². The molecule has 0 aromatic carbocycles. The van der Waals surface area contributed by atoms with Gasteiger partial charge in [0.25, 0.3) is 0 Å². The summed E-state index contributed by atoms with van der Waals surface area (Å²) in [4.78, 5) is 21.3. The molecule has 0 spiro atoms. The van der Waals surface area contributed by atoms with Gasteiger partial charge < -0.3 is 26.4 Å². The number of carbonyl (C=O) groups excluding carboxylic acids is 1. The van der Waals surface area contributed by atoms with Crippen LogP contribution in [-0.4, -0.2) is 38.7 Å². The number of hydrogen-bond donors (Lipinski definition) is 2. The molecular weight excluding hydrogens is 176 g/mol. The summed E-state index contributed by atoms with van der Waals surface area (Å²) >= 11 is 0. The summed E-state index contributed by atoms with van der Waals surface area (Å²) in [6, 6.07) is 0. The van der Waals surface area contributed by atoms with Gasteiger partial charge in [0, 0.05) is 6.92 Å². The van der Waals surface area contributed by atoms with Gasteiger partial charge in [0.15, 0.2) is 6.92 Å². The van der Waals surface area contributed by atoms with Gasteiger partial charge in [-0.1, -0.05) is 0 Å². The van der Waals surface area contributed by atoms with Crippen molar-refractivity contribution in [2.45, 2.75) is 6.92 Å². The second-order valence-electron chi connectivity index (χ2n) is 0.977. The number of aliphatic carboxylic acids is 1. The van der Waals surface area contributed by atoms with Gasteiger partial charge in [-0.05, 0) is 0 Å². The van der Waals surface area contributed by atoms with Gasteiger partial charge in [-0.15, -0.1) is 0 Å². The molecular formula is C4H13O8+. The summed E-state index contributed by atoms with van der Waals surface area (Å²) in [6.45, 7) is 3.67. The molecule has 8 nitrogen and oxygen atoms in total. The number of hydrogen-bond acceptors (Lipinski definition) is 4. The van der Waals surface area contributed by atoms with E-state index in [4.69, 9.17) is 15.2 Å². The third-order valence-electron chi connectivity index (χ3n) is 0.129. The molecule has 0 aromatic rings. The van der Waals surface area contributed by atoms with Crippen molar-refractivity contribution in [3.05, 3.63) is 6.92 Å². The highest BCUT2D eigenvalue weighted by Gasteiger charge is 1.80. The van der Waals surface area contributed by atoms with E-state index in [1.165, 1.54) is 0 Å². The van der Waals surface area contributed by atoms with Crippen LogP contribution in [0.15, 0.2) is 0 Å². The van der Waals surface area contributed by atoms with Crippen LogP contribution in [0.25, 0.3) is 0 Å².